The summed E-state index contributed by atoms with van der Waals surface area (Å²) in [6, 6.07) is 5.16. The quantitative estimate of drug-likeness (QED) is 0.417. The van der Waals surface area contributed by atoms with Crippen LogP contribution in [0.2, 0.25) is 0 Å². The summed E-state index contributed by atoms with van der Waals surface area (Å²) in [5, 5.41) is 3.06. The average Bonchev–Trinajstić information content (AvgIpc) is 3.48. The lowest BCUT2D eigenvalue weighted by molar-refractivity contribution is -0.134. The highest BCUT2D eigenvalue weighted by atomic mass is 35.5. The van der Waals surface area contributed by atoms with Gasteiger partial charge >= 0.3 is 0 Å². The van der Waals surface area contributed by atoms with E-state index in [1.54, 1.807) is 0 Å². The maximum Gasteiger partial charge on any atom is 0.248 e. The number of hydrogen-bond acceptors (Lipinski definition) is 3. The van der Waals surface area contributed by atoms with Crippen molar-refractivity contribution < 1.29 is 22.4 Å². The topological polar surface area (TPSA) is 83.8 Å². The number of nitrogens with zero attached hydrogens (tertiary/aromatic N) is 1. The number of benzene rings is 1. The van der Waals surface area contributed by atoms with Crippen molar-refractivity contribution in [2.24, 2.45) is 23.5 Å². The number of amides is 1. The summed E-state index contributed by atoms with van der Waals surface area (Å²) < 4.78 is 53.1. The van der Waals surface area contributed by atoms with Crippen molar-refractivity contribution in [2.75, 3.05) is 0 Å². The minimum absolute atomic E-state index is 0. The van der Waals surface area contributed by atoms with Gasteiger partial charge in [0.15, 0.2) is 0 Å². The fraction of sp³-hybridized carbons (Fsp3) is 0.667. The fourth-order valence-electron chi connectivity index (χ4n) is 5.37. The molecule has 0 aliphatic heterocycles. The van der Waals surface area contributed by atoms with Gasteiger partial charge in [-0.2, -0.15) is 0 Å². The first-order chi connectivity index (χ1) is 15.6. The highest BCUT2D eigenvalue weighted by molar-refractivity contribution is 5.85. The number of nitrogens with two attached hydrogens (primary N) is 1. The van der Waals surface area contributed by atoms with Crippen LogP contribution in [-0.2, 0) is 4.79 Å². The van der Waals surface area contributed by atoms with E-state index in [1.807, 2.05) is 18.2 Å². The average molecular weight is 503 g/mol. The smallest absolute Gasteiger partial charge is 0.248 e. The molecule has 3 aliphatic carbocycles. The number of halogens is 5. The number of fused-ring (bicyclic) bond motifs is 1. The van der Waals surface area contributed by atoms with Crippen LogP contribution < -0.4 is 11.1 Å². The van der Waals surface area contributed by atoms with Crippen LogP contribution in [0.5, 0.6) is 0 Å². The van der Waals surface area contributed by atoms with Crippen molar-refractivity contribution in [3.05, 3.63) is 29.6 Å². The van der Waals surface area contributed by atoms with Crippen LogP contribution in [0, 0.1) is 17.8 Å². The first-order valence-electron chi connectivity index (χ1n) is 11.9. The van der Waals surface area contributed by atoms with Gasteiger partial charge in [0, 0.05) is 32.1 Å². The molecule has 0 unspecified atom stereocenters. The summed E-state index contributed by atoms with van der Waals surface area (Å²) in [7, 11) is 0. The molecule has 3 saturated carbocycles. The number of alkyl halides is 4. The van der Waals surface area contributed by atoms with E-state index in [-0.39, 0.29) is 68.3 Å². The van der Waals surface area contributed by atoms with Crippen molar-refractivity contribution >= 4 is 29.3 Å². The number of H-pyrrole nitrogens is 1. The summed E-state index contributed by atoms with van der Waals surface area (Å²) in [5.74, 6) is -4.77. The van der Waals surface area contributed by atoms with Gasteiger partial charge in [-0.25, -0.2) is 22.5 Å². The van der Waals surface area contributed by atoms with Crippen molar-refractivity contribution in [3.63, 3.8) is 0 Å². The Morgan fingerprint density at radius 2 is 1.76 bits per heavy atom. The predicted molar refractivity (Wildman–Crippen MR) is 123 cm³/mol. The SMILES string of the molecule is Cl.N[C@H](c1nc2ccc([C@@H](NC(=O)CC3CC(F)(F)C3)C3CC3)cc2[nH]1)C1CCC(F)(F)CC1. The number of nitrogens with one attached hydrogen (secondary N) is 2. The summed E-state index contributed by atoms with van der Waals surface area (Å²) in [6.07, 6.45) is 2.19. The highest BCUT2D eigenvalue weighted by Crippen LogP contribution is 2.45. The molecule has 1 heterocycles. The van der Waals surface area contributed by atoms with Crippen LogP contribution in [0.15, 0.2) is 18.2 Å². The van der Waals surface area contributed by atoms with Gasteiger partial charge in [0.1, 0.15) is 5.82 Å². The summed E-state index contributed by atoms with van der Waals surface area (Å²) in [5.41, 5.74) is 8.85. The molecule has 1 aromatic heterocycles. The van der Waals surface area contributed by atoms with Gasteiger partial charge in [0.25, 0.3) is 0 Å². The van der Waals surface area contributed by atoms with Crippen LogP contribution in [0.1, 0.15) is 81.3 Å². The zero-order valence-electron chi connectivity index (χ0n) is 18.8. The van der Waals surface area contributed by atoms with Gasteiger partial charge in [-0.1, -0.05) is 6.07 Å². The third kappa shape index (κ3) is 5.51. The first-order valence-corrected chi connectivity index (χ1v) is 11.9. The lowest BCUT2D eigenvalue weighted by atomic mass is 9.79. The third-order valence-corrected chi connectivity index (χ3v) is 7.53. The molecule has 34 heavy (non-hydrogen) atoms. The van der Waals surface area contributed by atoms with E-state index in [0.717, 1.165) is 29.4 Å². The summed E-state index contributed by atoms with van der Waals surface area (Å²) in [6.45, 7) is 0. The van der Waals surface area contributed by atoms with E-state index >= 15 is 0 Å². The van der Waals surface area contributed by atoms with E-state index in [0.29, 0.717) is 24.6 Å². The Kier molecular flexibility index (Phi) is 6.90. The van der Waals surface area contributed by atoms with Crippen LogP contribution in [0.4, 0.5) is 17.6 Å². The Morgan fingerprint density at radius 1 is 1.09 bits per heavy atom. The van der Waals surface area contributed by atoms with Crippen molar-refractivity contribution in [2.45, 2.75) is 81.7 Å². The largest absolute Gasteiger partial charge is 0.349 e. The van der Waals surface area contributed by atoms with Crippen LogP contribution in [0.3, 0.4) is 0 Å². The van der Waals surface area contributed by atoms with Gasteiger partial charge in [-0.05, 0) is 61.1 Å². The Bertz CT molecular complexity index is 1020. The van der Waals surface area contributed by atoms with Gasteiger partial charge in [0.05, 0.1) is 23.1 Å². The molecular formula is C24H31ClF4N4O. The number of rotatable bonds is 7. The minimum atomic E-state index is -2.62. The molecular weight excluding hydrogens is 472 g/mol. The van der Waals surface area contributed by atoms with Crippen molar-refractivity contribution in [1.82, 2.24) is 15.3 Å². The normalized spacial score (nSPS) is 24.1. The predicted octanol–water partition coefficient (Wildman–Crippen LogP) is 5.81. The lowest BCUT2D eigenvalue weighted by Gasteiger charge is -2.34. The maximum absolute atomic E-state index is 13.5. The molecule has 0 spiro atoms. The van der Waals surface area contributed by atoms with Gasteiger partial charge in [-0.15, -0.1) is 12.4 Å². The zero-order valence-corrected chi connectivity index (χ0v) is 19.7. The molecule has 0 bridgehead atoms. The number of aromatic amines is 1. The molecule has 0 radical (unpaired) electrons. The van der Waals surface area contributed by atoms with Gasteiger partial charge in [-0.3, -0.25) is 4.79 Å². The standard InChI is InChI=1S/C24H30F4N4O.ClH/c25-23(26)7-5-14(6-8-23)20(29)22-30-17-4-3-16(10-18(17)31-22)21(15-1-2-15)32-19(33)9-13-11-24(27,28)12-13;/h3-4,10,13-15,20-21H,1-2,5-9,11-12,29H2,(H,30,31)(H,32,33);1H/t20-,21-;/m0./s1. The minimum Gasteiger partial charge on any atom is -0.349 e. The Balaban J connectivity index is 0.00000274. The van der Waals surface area contributed by atoms with Gasteiger partial charge in [0.2, 0.25) is 17.8 Å². The highest BCUT2D eigenvalue weighted by Gasteiger charge is 2.46. The molecule has 0 saturated heterocycles. The number of carbonyl (C=O) groups excluding carboxylic acids is 1. The molecule has 3 fully saturated rings. The fourth-order valence-corrected chi connectivity index (χ4v) is 5.37. The number of hydrogen-bond donors (Lipinski definition) is 3. The van der Waals surface area contributed by atoms with Crippen molar-refractivity contribution in [1.29, 1.82) is 0 Å². The molecule has 2 aromatic rings. The number of imidazole rings is 1. The van der Waals surface area contributed by atoms with E-state index in [2.05, 4.69) is 15.3 Å². The number of aromatic nitrogens is 2. The summed E-state index contributed by atoms with van der Waals surface area (Å²) in [4.78, 5) is 20.4. The van der Waals surface area contributed by atoms with E-state index in [1.165, 1.54) is 0 Å². The van der Waals surface area contributed by atoms with Crippen LogP contribution >= 0.6 is 12.4 Å². The molecule has 5 nitrogen and oxygen atoms in total. The Morgan fingerprint density at radius 3 is 2.38 bits per heavy atom. The molecule has 10 heteroatoms. The van der Waals surface area contributed by atoms with Crippen LogP contribution in [-0.4, -0.2) is 27.7 Å². The second kappa shape index (κ2) is 9.30. The monoisotopic (exact) mass is 502 g/mol. The molecule has 3 aliphatic rings. The Hall–Kier alpha value is -1.87. The first kappa shape index (κ1) is 25.2. The molecule has 2 atom stereocenters. The van der Waals surface area contributed by atoms with E-state index < -0.39 is 17.9 Å². The summed E-state index contributed by atoms with van der Waals surface area (Å²) >= 11 is 0. The maximum atomic E-state index is 13.5. The molecule has 1 amide bonds. The van der Waals surface area contributed by atoms with E-state index in [9.17, 15) is 22.4 Å². The van der Waals surface area contributed by atoms with Crippen LogP contribution in [0.25, 0.3) is 11.0 Å². The molecule has 5 rings (SSSR count). The van der Waals surface area contributed by atoms with Gasteiger partial charge < -0.3 is 16.0 Å². The Labute approximate surface area is 202 Å². The second-order valence-electron chi connectivity index (χ2n) is 10.3. The van der Waals surface area contributed by atoms with E-state index in [4.69, 9.17) is 5.73 Å². The zero-order chi connectivity index (χ0) is 23.4. The third-order valence-electron chi connectivity index (χ3n) is 7.53. The molecule has 188 valence electrons. The van der Waals surface area contributed by atoms with Crippen molar-refractivity contribution in [3.8, 4) is 0 Å². The lowest BCUT2D eigenvalue weighted by Crippen LogP contribution is -2.39. The molecule has 4 N–H and O–H groups in total. The molecule has 1 aromatic carbocycles. The second-order valence-corrected chi connectivity index (χ2v) is 10.3. The number of carbonyl (C=O) groups is 1.